The van der Waals surface area contributed by atoms with Crippen molar-refractivity contribution in [1.82, 2.24) is 8.61 Å². The van der Waals surface area contributed by atoms with Crippen molar-refractivity contribution in [2.75, 3.05) is 25.0 Å². The summed E-state index contributed by atoms with van der Waals surface area (Å²) in [6.07, 6.45) is 6.08. The van der Waals surface area contributed by atoms with E-state index in [0.29, 0.717) is 25.6 Å². The van der Waals surface area contributed by atoms with Crippen LogP contribution in [-0.4, -0.2) is 48.0 Å². The Balaban J connectivity index is 2.08. The highest BCUT2D eigenvalue weighted by molar-refractivity contribution is 9.09. The van der Waals surface area contributed by atoms with Gasteiger partial charge in [0.2, 0.25) is 0 Å². The predicted octanol–water partition coefficient (Wildman–Crippen LogP) is 2.60. The normalized spacial score (nSPS) is 28.6. The first kappa shape index (κ1) is 15.7. The Labute approximate surface area is 125 Å². The lowest BCUT2D eigenvalue weighted by Gasteiger charge is -2.39. The lowest BCUT2D eigenvalue weighted by atomic mass is 10.0. The highest BCUT2D eigenvalue weighted by atomic mass is 79.9. The first-order valence-electron chi connectivity index (χ1n) is 7.38. The molecule has 0 spiro atoms. The smallest absolute Gasteiger partial charge is 0.195 e. The van der Waals surface area contributed by atoms with Gasteiger partial charge in [-0.05, 0) is 38.0 Å². The van der Waals surface area contributed by atoms with Crippen LogP contribution in [0.25, 0.3) is 0 Å². The van der Waals surface area contributed by atoms with Gasteiger partial charge < -0.3 is 0 Å². The van der Waals surface area contributed by atoms with Gasteiger partial charge in [0, 0.05) is 31.0 Å². The van der Waals surface area contributed by atoms with E-state index in [-0.39, 0.29) is 6.04 Å². The van der Waals surface area contributed by atoms with Crippen LogP contribution in [0.4, 0.5) is 0 Å². The van der Waals surface area contributed by atoms with Crippen LogP contribution < -0.4 is 0 Å². The van der Waals surface area contributed by atoms with Gasteiger partial charge in [0.05, 0.1) is 0 Å². The van der Waals surface area contributed by atoms with Crippen LogP contribution in [0.5, 0.6) is 0 Å². The molecule has 2 heterocycles. The molecule has 2 rings (SSSR count). The van der Waals surface area contributed by atoms with Gasteiger partial charge in [-0.2, -0.15) is 17.0 Å². The van der Waals surface area contributed by atoms with E-state index in [1.165, 1.54) is 0 Å². The summed E-state index contributed by atoms with van der Waals surface area (Å²) < 4.78 is 29.0. The largest absolute Gasteiger partial charge is 0.282 e. The molecule has 2 aliphatic heterocycles. The van der Waals surface area contributed by atoms with E-state index in [4.69, 9.17) is 0 Å². The van der Waals surface area contributed by atoms with Crippen molar-refractivity contribution >= 4 is 26.1 Å². The van der Waals surface area contributed by atoms with E-state index >= 15 is 0 Å². The molecule has 0 aromatic rings. The lowest BCUT2D eigenvalue weighted by Crippen LogP contribution is -2.52. The fourth-order valence-electron chi connectivity index (χ4n) is 3.06. The summed E-state index contributed by atoms with van der Waals surface area (Å²) in [5.41, 5.74) is 0. The van der Waals surface area contributed by atoms with Gasteiger partial charge in [0.15, 0.2) is 0 Å². The maximum Gasteiger partial charge on any atom is 0.282 e. The number of alkyl halides is 1. The zero-order chi connectivity index (χ0) is 13.9. The average molecular weight is 353 g/mol. The van der Waals surface area contributed by atoms with Gasteiger partial charge in [0.25, 0.3) is 10.2 Å². The van der Waals surface area contributed by atoms with Crippen LogP contribution in [0, 0.1) is 5.92 Å². The molecule has 112 valence electrons. The first-order valence-corrected chi connectivity index (χ1v) is 9.90. The van der Waals surface area contributed by atoms with Gasteiger partial charge in [-0.25, -0.2) is 0 Å². The van der Waals surface area contributed by atoms with Gasteiger partial charge in [-0.1, -0.05) is 29.3 Å². The van der Waals surface area contributed by atoms with E-state index in [9.17, 15) is 8.42 Å². The Bertz CT molecular complexity index is 378. The number of piperidine rings is 2. The molecule has 2 saturated heterocycles. The van der Waals surface area contributed by atoms with E-state index in [0.717, 1.165) is 43.9 Å². The molecule has 4 nitrogen and oxygen atoms in total. The second-order valence-electron chi connectivity index (χ2n) is 5.83. The predicted molar refractivity (Wildman–Crippen MR) is 81.6 cm³/mol. The van der Waals surface area contributed by atoms with Crippen molar-refractivity contribution in [3.8, 4) is 0 Å². The van der Waals surface area contributed by atoms with Crippen molar-refractivity contribution < 1.29 is 8.42 Å². The molecule has 6 heteroatoms. The zero-order valence-corrected chi connectivity index (χ0v) is 14.1. The summed E-state index contributed by atoms with van der Waals surface area (Å²) in [6.45, 7) is 4.30. The van der Waals surface area contributed by atoms with E-state index in [1.807, 2.05) is 0 Å². The molecular weight excluding hydrogens is 328 g/mol. The Morgan fingerprint density at radius 3 is 2.42 bits per heavy atom. The number of nitrogens with zero attached hydrogens (tertiary/aromatic N) is 2. The molecule has 0 amide bonds. The Hall–Kier alpha value is 0.350. The monoisotopic (exact) mass is 352 g/mol. The second kappa shape index (κ2) is 6.87. The zero-order valence-electron chi connectivity index (χ0n) is 11.7. The van der Waals surface area contributed by atoms with Gasteiger partial charge in [-0.15, -0.1) is 0 Å². The van der Waals surface area contributed by atoms with Crippen LogP contribution >= 0.6 is 15.9 Å². The van der Waals surface area contributed by atoms with Crippen LogP contribution in [0.1, 0.15) is 45.4 Å². The van der Waals surface area contributed by atoms with E-state index in [2.05, 4.69) is 22.9 Å². The maximum absolute atomic E-state index is 12.8. The molecule has 0 aromatic heterocycles. The van der Waals surface area contributed by atoms with E-state index < -0.39 is 10.2 Å². The lowest BCUT2D eigenvalue weighted by molar-refractivity contribution is 0.211. The minimum absolute atomic E-state index is 0.192. The highest BCUT2D eigenvalue weighted by Crippen LogP contribution is 2.27. The molecule has 0 radical (unpaired) electrons. The van der Waals surface area contributed by atoms with Crippen molar-refractivity contribution in [2.45, 2.75) is 51.5 Å². The SMILES string of the molecule is CC1CCN(S(=O)(=O)N2CCCCC2CCBr)CC1. The van der Waals surface area contributed by atoms with Gasteiger partial charge in [-0.3, -0.25) is 0 Å². The summed E-state index contributed by atoms with van der Waals surface area (Å²) in [5.74, 6) is 0.658. The van der Waals surface area contributed by atoms with Crippen LogP contribution in [-0.2, 0) is 10.2 Å². The fourth-order valence-corrected chi connectivity index (χ4v) is 5.50. The van der Waals surface area contributed by atoms with Crippen LogP contribution in [0.15, 0.2) is 0 Å². The molecule has 1 atom stereocenters. The molecule has 2 aliphatic rings. The standard InChI is InChI=1S/C13H25BrN2O2S/c1-12-6-10-15(11-7-12)19(17,18)16-9-3-2-4-13(16)5-8-14/h12-13H,2-11H2,1H3. The first-order chi connectivity index (χ1) is 9.05. The molecule has 0 aliphatic carbocycles. The summed E-state index contributed by atoms with van der Waals surface area (Å²) in [6, 6.07) is 0.192. The van der Waals surface area contributed by atoms with Crippen molar-refractivity contribution in [1.29, 1.82) is 0 Å². The third-order valence-corrected chi connectivity index (χ3v) is 6.93. The number of rotatable bonds is 4. The summed E-state index contributed by atoms with van der Waals surface area (Å²) in [5, 5.41) is 0.876. The second-order valence-corrected chi connectivity index (χ2v) is 8.50. The quantitative estimate of drug-likeness (QED) is 0.729. The molecular formula is C13H25BrN2O2S. The topological polar surface area (TPSA) is 40.6 Å². The highest BCUT2D eigenvalue weighted by Gasteiger charge is 2.37. The average Bonchev–Trinajstić information content (AvgIpc) is 2.40. The van der Waals surface area contributed by atoms with Crippen LogP contribution in [0.3, 0.4) is 0 Å². The summed E-state index contributed by atoms with van der Waals surface area (Å²) >= 11 is 3.45. The molecule has 19 heavy (non-hydrogen) atoms. The summed E-state index contributed by atoms with van der Waals surface area (Å²) in [4.78, 5) is 0. The minimum Gasteiger partial charge on any atom is -0.195 e. The fraction of sp³-hybridized carbons (Fsp3) is 1.00. The number of halogens is 1. The molecule has 2 fully saturated rings. The Morgan fingerprint density at radius 2 is 1.79 bits per heavy atom. The number of hydrogen-bond acceptors (Lipinski definition) is 2. The molecule has 0 bridgehead atoms. The number of hydrogen-bond donors (Lipinski definition) is 0. The summed E-state index contributed by atoms with van der Waals surface area (Å²) in [7, 11) is -3.23. The molecule has 0 aromatic carbocycles. The third-order valence-electron chi connectivity index (χ3n) is 4.38. The Morgan fingerprint density at radius 1 is 1.11 bits per heavy atom. The van der Waals surface area contributed by atoms with Crippen LogP contribution in [0.2, 0.25) is 0 Å². The molecule has 1 unspecified atom stereocenters. The maximum atomic E-state index is 12.8. The van der Waals surface area contributed by atoms with Crippen molar-refractivity contribution in [3.05, 3.63) is 0 Å². The van der Waals surface area contributed by atoms with Crippen molar-refractivity contribution in [3.63, 3.8) is 0 Å². The Kier molecular flexibility index (Phi) is 5.69. The van der Waals surface area contributed by atoms with Gasteiger partial charge >= 0.3 is 0 Å². The molecule has 0 saturated carbocycles. The van der Waals surface area contributed by atoms with Gasteiger partial charge in [0.1, 0.15) is 0 Å². The minimum atomic E-state index is -3.23. The third kappa shape index (κ3) is 3.71. The molecule has 0 N–H and O–H groups in total. The van der Waals surface area contributed by atoms with Crippen molar-refractivity contribution in [2.24, 2.45) is 5.92 Å². The van der Waals surface area contributed by atoms with E-state index in [1.54, 1.807) is 8.61 Å².